The first-order valence-electron chi connectivity index (χ1n) is 5.84. The van der Waals surface area contributed by atoms with Gasteiger partial charge in [0.25, 0.3) is 0 Å². The van der Waals surface area contributed by atoms with Gasteiger partial charge in [-0.1, -0.05) is 30.4 Å². The summed E-state index contributed by atoms with van der Waals surface area (Å²) in [5.41, 5.74) is 4.05. The van der Waals surface area contributed by atoms with Crippen LogP contribution < -0.4 is 15.5 Å². The maximum atomic E-state index is 5.12. The van der Waals surface area contributed by atoms with E-state index in [0.717, 1.165) is 17.8 Å². The molecular weight excluding hydrogens is 264 g/mol. The number of nitrogens with zero attached hydrogens (tertiary/aromatic N) is 2. The molecule has 2 N–H and O–H groups in total. The van der Waals surface area contributed by atoms with Crippen molar-refractivity contribution in [3.8, 4) is 0 Å². The second-order valence-corrected chi connectivity index (χ2v) is 5.31. The topological polar surface area (TPSA) is 41.4 Å². The Morgan fingerprint density at radius 3 is 2.94 bits per heavy atom. The molecule has 0 atom stereocenters. The predicted octanol–water partition coefficient (Wildman–Crippen LogP) is 1.93. The summed E-state index contributed by atoms with van der Waals surface area (Å²) in [5.74, 6) is 0. The second kappa shape index (κ2) is 5.97. The van der Waals surface area contributed by atoms with E-state index in [9.17, 15) is 0 Å². The van der Waals surface area contributed by atoms with Gasteiger partial charge in [0, 0.05) is 13.6 Å². The van der Waals surface area contributed by atoms with Crippen molar-refractivity contribution in [1.82, 2.24) is 15.3 Å². The van der Waals surface area contributed by atoms with Crippen molar-refractivity contribution in [2.24, 2.45) is 12.1 Å². The molecule has 18 heavy (non-hydrogen) atoms. The van der Waals surface area contributed by atoms with Crippen molar-refractivity contribution in [3.63, 3.8) is 0 Å². The van der Waals surface area contributed by atoms with E-state index >= 15 is 0 Å². The van der Waals surface area contributed by atoms with Gasteiger partial charge in [-0.05, 0) is 30.8 Å². The van der Waals surface area contributed by atoms with Crippen LogP contribution in [0, 0.1) is 0 Å². The number of benzene rings is 1. The zero-order valence-electron chi connectivity index (χ0n) is 10.4. The fourth-order valence-corrected chi connectivity index (χ4v) is 2.69. The summed E-state index contributed by atoms with van der Waals surface area (Å²) in [6, 6.07) is 8.23. The predicted molar refractivity (Wildman–Crippen MR) is 80.4 cm³/mol. The van der Waals surface area contributed by atoms with Crippen LogP contribution in [-0.4, -0.2) is 16.2 Å². The highest BCUT2D eigenvalue weighted by atomic mass is 32.1. The van der Waals surface area contributed by atoms with E-state index in [2.05, 4.69) is 39.5 Å². The summed E-state index contributed by atoms with van der Waals surface area (Å²) in [4.78, 5) is 0.900. The maximum Gasteiger partial charge on any atom is 0.209 e. The highest BCUT2D eigenvalue weighted by molar-refractivity contribution is 7.80. The fourth-order valence-electron chi connectivity index (χ4n) is 1.56. The number of thiocarbonyl (C=S) groups is 1. The van der Waals surface area contributed by atoms with Crippen molar-refractivity contribution in [2.75, 3.05) is 6.54 Å². The third kappa shape index (κ3) is 2.88. The Hall–Kier alpha value is -1.40. The molecule has 2 rings (SSSR count). The van der Waals surface area contributed by atoms with Crippen LogP contribution in [0.15, 0.2) is 29.4 Å². The first-order valence-corrected chi connectivity index (χ1v) is 7.07. The summed E-state index contributed by atoms with van der Waals surface area (Å²) >= 11 is 6.76. The van der Waals surface area contributed by atoms with Gasteiger partial charge in [-0.25, -0.2) is 0 Å². The van der Waals surface area contributed by atoms with Crippen LogP contribution in [0.3, 0.4) is 0 Å². The Labute approximate surface area is 115 Å². The number of rotatable bonds is 3. The van der Waals surface area contributed by atoms with Crippen LogP contribution in [-0.2, 0) is 7.05 Å². The van der Waals surface area contributed by atoms with Gasteiger partial charge in [0.2, 0.25) is 4.80 Å². The highest BCUT2D eigenvalue weighted by Gasteiger charge is 2.01. The SMILES string of the molecule is CCCNC(=S)N/N=c1\sc2ccccc2n1C. The van der Waals surface area contributed by atoms with Crippen LogP contribution in [0.4, 0.5) is 0 Å². The Bertz CT molecular complexity index is 612. The lowest BCUT2D eigenvalue weighted by molar-refractivity contribution is 0.794. The zero-order chi connectivity index (χ0) is 13.0. The smallest absolute Gasteiger partial charge is 0.209 e. The van der Waals surface area contributed by atoms with Crippen molar-refractivity contribution < 1.29 is 0 Å². The molecule has 0 saturated carbocycles. The molecule has 0 unspecified atom stereocenters. The molecule has 1 heterocycles. The summed E-state index contributed by atoms with van der Waals surface area (Å²) in [6.07, 6.45) is 1.04. The minimum Gasteiger partial charge on any atom is -0.361 e. The molecular formula is C12H16N4S2. The summed E-state index contributed by atoms with van der Waals surface area (Å²) in [5, 5.41) is 7.97. The van der Waals surface area contributed by atoms with E-state index in [0.29, 0.717) is 5.11 Å². The third-order valence-electron chi connectivity index (χ3n) is 2.50. The lowest BCUT2D eigenvalue weighted by atomic mass is 10.3. The Kier molecular flexibility index (Phi) is 4.33. The Balaban J connectivity index is 2.20. The molecule has 1 aromatic carbocycles. The van der Waals surface area contributed by atoms with Crippen LogP contribution in [0.1, 0.15) is 13.3 Å². The van der Waals surface area contributed by atoms with Gasteiger partial charge in [-0.15, -0.1) is 5.10 Å². The number of nitrogens with one attached hydrogen (secondary N) is 2. The average molecular weight is 280 g/mol. The molecule has 4 nitrogen and oxygen atoms in total. The first kappa shape index (κ1) is 13.0. The molecule has 0 spiro atoms. The van der Waals surface area contributed by atoms with Crippen molar-refractivity contribution in [1.29, 1.82) is 0 Å². The van der Waals surface area contributed by atoms with E-state index < -0.39 is 0 Å². The molecule has 0 radical (unpaired) electrons. The highest BCUT2D eigenvalue weighted by Crippen LogP contribution is 2.14. The summed E-state index contributed by atoms with van der Waals surface area (Å²) < 4.78 is 3.27. The third-order valence-corrected chi connectivity index (χ3v) is 3.85. The van der Waals surface area contributed by atoms with Crippen molar-refractivity contribution in [2.45, 2.75) is 13.3 Å². The van der Waals surface area contributed by atoms with Gasteiger partial charge in [-0.2, -0.15) is 0 Å². The van der Waals surface area contributed by atoms with E-state index in [1.165, 1.54) is 10.2 Å². The van der Waals surface area contributed by atoms with Crippen LogP contribution in [0.5, 0.6) is 0 Å². The van der Waals surface area contributed by atoms with E-state index in [-0.39, 0.29) is 0 Å². The molecule has 0 amide bonds. The van der Waals surface area contributed by atoms with E-state index in [4.69, 9.17) is 12.2 Å². The number of para-hydroxylation sites is 1. The van der Waals surface area contributed by atoms with Gasteiger partial charge in [0.15, 0.2) is 5.11 Å². The molecule has 0 aliphatic rings. The number of fused-ring (bicyclic) bond motifs is 1. The van der Waals surface area contributed by atoms with Crippen molar-refractivity contribution in [3.05, 3.63) is 29.1 Å². The van der Waals surface area contributed by atoms with Crippen LogP contribution >= 0.6 is 23.6 Å². The van der Waals surface area contributed by atoms with Crippen LogP contribution in [0.2, 0.25) is 0 Å². The van der Waals surface area contributed by atoms with E-state index in [1.807, 2.05) is 19.2 Å². The molecule has 0 aliphatic carbocycles. The minimum absolute atomic E-state index is 0.564. The lowest BCUT2D eigenvalue weighted by Gasteiger charge is -2.03. The Morgan fingerprint density at radius 1 is 1.44 bits per heavy atom. The molecule has 6 heteroatoms. The molecule has 1 aromatic heterocycles. The number of aromatic nitrogens is 1. The normalized spacial score (nSPS) is 11.8. The fraction of sp³-hybridized carbons (Fsp3) is 0.333. The molecule has 0 aliphatic heterocycles. The average Bonchev–Trinajstić information content (AvgIpc) is 2.71. The number of thiazole rings is 1. The molecule has 96 valence electrons. The molecule has 0 fully saturated rings. The number of hydrogen-bond donors (Lipinski definition) is 2. The number of aryl methyl sites for hydroxylation is 1. The van der Waals surface area contributed by atoms with Gasteiger partial charge in [0.05, 0.1) is 10.2 Å². The van der Waals surface area contributed by atoms with Gasteiger partial charge >= 0.3 is 0 Å². The van der Waals surface area contributed by atoms with Crippen molar-refractivity contribution >= 4 is 38.9 Å². The summed E-state index contributed by atoms with van der Waals surface area (Å²) in [7, 11) is 2.00. The Morgan fingerprint density at radius 2 is 2.22 bits per heavy atom. The standard InChI is InChI=1S/C12H16N4S2/c1-3-8-13-11(17)14-15-12-16(2)9-6-4-5-7-10(9)18-12/h4-7H,3,8H2,1-2H3,(H2,13,14,17)/b15-12-. The van der Waals surface area contributed by atoms with Gasteiger partial charge in [-0.3, -0.25) is 5.43 Å². The van der Waals surface area contributed by atoms with Crippen LogP contribution in [0.25, 0.3) is 10.2 Å². The maximum absolute atomic E-state index is 5.12. The number of hydrogen-bond acceptors (Lipinski definition) is 3. The quantitative estimate of drug-likeness (QED) is 0.667. The molecule has 0 bridgehead atoms. The first-order chi connectivity index (χ1) is 8.72. The minimum atomic E-state index is 0.564. The second-order valence-electron chi connectivity index (χ2n) is 3.89. The molecule has 0 saturated heterocycles. The van der Waals surface area contributed by atoms with E-state index in [1.54, 1.807) is 11.3 Å². The summed E-state index contributed by atoms with van der Waals surface area (Å²) in [6.45, 7) is 2.96. The zero-order valence-corrected chi connectivity index (χ0v) is 12.1. The largest absolute Gasteiger partial charge is 0.361 e. The van der Waals surface area contributed by atoms with Gasteiger partial charge in [0.1, 0.15) is 0 Å². The monoisotopic (exact) mass is 280 g/mol. The molecule has 2 aromatic rings. The van der Waals surface area contributed by atoms with Gasteiger partial charge < -0.3 is 9.88 Å². The lowest BCUT2D eigenvalue weighted by Crippen LogP contribution is -2.34.